The molecule has 30 heavy (non-hydrogen) atoms. The Bertz CT molecular complexity index is 1140. The number of pyridine rings is 2. The molecule has 0 saturated carbocycles. The number of carbonyl (C=O) groups is 1. The Kier molecular flexibility index (Phi) is 7.12. The summed E-state index contributed by atoms with van der Waals surface area (Å²) in [5.41, 5.74) is 8.67. The monoisotopic (exact) mass is 419 g/mol. The fraction of sp³-hybridized carbons (Fsp3) is 0.125. The molecule has 2 aromatic heterocycles. The Morgan fingerprint density at radius 3 is 2.40 bits per heavy atom. The van der Waals surface area contributed by atoms with Crippen LogP contribution in [0.3, 0.4) is 0 Å². The van der Waals surface area contributed by atoms with Crippen LogP contribution in [0.25, 0.3) is 22.2 Å². The molecular formula is C24H22ClN3O2. The van der Waals surface area contributed by atoms with E-state index in [1.165, 1.54) is 0 Å². The minimum Gasteiger partial charge on any atom is -0.505 e. The number of fused-ring (bicyclic) bond motifs is 1. The molecule has 0 bridgehead atoms. The van der Waals surface area contributed by atoms with Crippen LogP contribution in [0.15, 0.2) is 79.1 Å². The topological polar surface area (TPSA) is 89.1 Å². The van der Waals surface area contributed by atoms with Gasteiger partial charge in [-0.3, -0.25) is 9.78 Å². The fourth-order valence-corrected chi connectivity index (χ4v) is 3.22. The van der Waals surface area contributed by atoms with Crippen molar-refractivity contribution in [1.29, 1.82) is 0 Å². The third kappa shape index (κ3) is 4.82. The number of benzene rings is 2. The van der Waals surface area contributed by atoms with Crippen LogP contribution < -0.4 is 5.73 Å². The Hall–Kier alpha value is -3.28. The maximum absolute atomic E-state index is 11.6. The number of rotatable bonds is 4. The molecular weight excluding hydrogens is 398 g/mol. The molecule has 152 valence electrons. The number of carbonyl (C=O) groups excluding carboxylic acids is 1. The Labute approximate surface area is 180 Å². The Morgan fingerprint density at radius 2 is 1.77 bits per heavy atom. The summed E-state index contributed by atoms with van der Waals surface area (Å²) >= 11 is 5.62. The largest absolute Gasteiger partial charge is 0.505 e. The van der Waals surface area contributed by atoms with Crippen LogP contribution in [0.4, 0.5) is 0 Å². The van der Waals surface area contributed by atoms with E-state index in [9.17, 15) is 9.90 Å². The molecule has 4 rings (SSSR count). The van der Waals surface area contributed by atoms with E-state index in [0.29, 0.717) is 16.6 Å². The quantitative estimate of drug-likeness (QED) is 0.427. The van der Waals surface area contributed by atoms with Gasteiger partial charge in [0.25, 0.3) is 5.24 Å². The number of aromatic hydroxyl groups is 1. The number of hydrogen-bond donors (Lipinski definition) is 2. The predicted molar refractivity (Wildman–Crippen MR) is 120 cm³/mol. The van der Waals surface area contributed by atoms with E-state index < -0.39 is 5.24 Å². The van der Waals surface area contributed by atoms with Crippen molar-refractivity contribution in [2.24, 2.45) is 5.73 Å². The molecule has 1 unspecified atom stereocenters. The molecule has 0 saturated heterocycles. The summed E-state index contributed by atoms with van der Waals surface area (Å²) in [4.78, 5) is 20.0. The molecule has 0 aliphatic heterocycles. The third-order valence-electron chi connectivity index (χ3n) is 4.66. The van der Waals surface area contributed by atoms with Gasteiger partial charge in [0.2, 0.25) is 0 Å². The van der Waals surface area contributed by atoms with E-state index in [0.717, 1.165) is 17.5 Å². The van der Waals surface area contributed by atoms with E-state index in [1.807, 2.05) is 54.7 Å². The molecule has 0 radical (unpaired) electrons. The summed E-state index contributed by atoms with van der Waals surface area (Å²) in [7, 11) is 0. The van der Waals surface area contributed by atoms with Crippen LogP contribution >= 0.6 is 11.6 Å². The van der Waals surface area contributed by atoms with Gasteiger partial charge >= 0.3 is 0 Å². The minimum absolute atomic E-state index is 0.0936. The number of nitrogens with two attached hydrogens (primary N) is 1. The SMILES string of the molecule is CCC(N)c1cccnc1.O=C(Cl)c1c(O)c(-c2ccccc2)nc2ccccc12. The summed E-state index contributed by atoms with van der Waals surface area (Å²) in [6.07, 6.45) is 4.53. The zero-order chi connectivity index (χ0) is 21.5. The lowest BCUT2D eigenvalue weighted by Gasteiger charge is -2.10. The predicted octanol–water partition coefficient (Wildman–Crippen LogP) is 5.48. The maximum atomic E-state index is 11.6. The second kappa shape index (κ2) is 9.96. The second-order valence-electron chi connectivity index (χ2n) is 6.64. The number of nitrogens with zero attached hydrogens (tertiary/aromatic N) is 2. The van der Waals surface area contributed by atoms with Gasteiger partial charge in [-0.1, -0.05) is 61.5 Å². The highest BCUT2D eigenvalue weighted by Crippen LogP contribution is 2.35. The third-order valence-corrected chi connectivity index (χ3v) is 4.85. The van der Waals surface area contributed by atoms with E-state index >= 15 is 0 Å². The molecule has 0 aliphatic carbocycles. The van der Waals surface area contributed by atoms with Crippen LogP contribution in [-0.4, -0.2) is 20.3 Å². The lowest BCUT2D eigenvalue weighted by molar-refractivity contribution is 0.108. The van der Waals surface area contributed by atoms with Crippen LogP contribution in [0.1, 0.15) is 35.3 Å². The van der Waals surface area contributed by atoms with Gasteiger partial charge in [0.05, 0.1) is 11.1 Å². The second-order valence-corrected chi connectivity index (χ2v) is 6.99. The van der Waals surface area contributed by atoms with E-state index in [1.54, 1.807) is 24.4 Å². The first-order valence-corrected chi connectivity index (χ1v) is 9.93. The van der Waals surface area contributed by atoms with Crippen molar-refractivity contribution in [2.45, 2.75) is 19.4 Å². The summed E-state index contributed by atoms with van der Waals surface area (Å²) in [5.74, 6) is -0.185. The van der Waals surface area contributed by atoms with Crippen LogP contribution in [0.2, 0.25) is 0 Å². The lowest BCUT2D eigenvalue weighted by Crippen LogP contribution is -2.08. The van der Waals surface area contributed by atoms with Crippen LogP contribution in [-0.2, 0) is 0 Å². The van der Waals surface area contributed by atoms with Crippen LogP contribution in [0.5, 0.6) is 5.75 Å². The smallest absolute Gasteiger partial charge is 0.256 e. The zero-order valence-corrected chi connectivity index (χ0v) is 17.3. The fourth-order valence-electron chi connectivity index (χ4n) is 3.03. The van der Waals surface area contributed by atoms with Crippen molar-refractivity contribution in [3.05, 3.63) is 90.3 Å². The first-order chi connectivity index (χ1) is 14.5. The highest BCUT2D eigenvalue weighted by atomic mass is 35.5. The average molecular weight is 420 g/mol. The lowest BCUT2D eigenvalue weighted by atomic mass is 10.0. The molecule has 5 nitrogen and oxygen atoms in total. The molecule has 0 fully saturated rings. The molecule has 2 aromatic carbocycles. The van der Waals surface area contributed by atoms with Crippen molar-refractivity contribution in [2.75, 3.05) is 0 Å². The average Bonchev–Trinajstić information content (AvgIpc) is 2.79. The van der Waals surface area contributed by atoms with Gasteiger partial charge in [0, 0.05) is 29.4 Å². The van der Waals surface area contributed by atoms with Gasteiger partial charge in [-0.25, -0.2) is 4.98 Å². The molecule has 3 N–H and O–H groups in total. The number of halogens is 1. The van der Waals surface area contributed by atoms with E-state index in [-0.39, 0.29) is 17.4 Å². The Balaban J connectivity index is 0.000000216. The summed E-state index contributed by atoms with van der Waals surface area (Å²) in [5, 5.41) is 10.2. The maximum Gasteiger partial charge on any atom is 0.256 e. The highest BCUT2D eigenvalue weighted by Gasteiger charge is 2.19. The van der Waals surface area contributed by atoms with Crippen molar-refractivity contribution in [3.63, 3.8) is 0 Å². The number of hydrogen-bond acceptors (Lipinski definition) is 5. The molecule has 4 aromatic rings. The minimum atomic E-state index is -0.696. The summed E-state index contributed by atoms with van der Waals surface area (Å²) in [6.45, 7) is 2.07. The number of aromatic nitrogens is 2. The summed E-state index contributed by atoms with van der Waals surface area (Å²) in [6, 6.07) is 20.3. The van der Waals surface area contributed by atoms with E-state index in [2.05, 4.69) is 16.9 Å². The zero-order valence-electron chi connectivity index (χ0n) is 16.5. The molecule has 2 heterocycles. The van der Waals surface area contributed by atoms with Crippen molar-refractivity contribution in [3.8, 4) is 17.0 Å². The molecule has 1 atom stereocenters. The van der Waals surface area contributed by atoms with Gasteiger partial charge in [-0.15, -0.1) is 0 Å². The summed E-state index contributed by atoms with van der Waals surface area (Å²) < 4.78 is 0. The normalized spacial score (nSPS) is 11.4. The van der Waals surface area contributed by atoms with Crippen LogP contribution in [0, 0.1) is 0 Å². The highest BCUT2D eigenvalue weighted by molar-refractivity contribution is 6.69. The molecule has 0 aliphatic rings. The molecule has 6 heteroatoms. The molecule has 0 amide bonds. The van der Waals surface area contributed by atoms with Crippen molar-refractivity contribution < 1.29 is 9.90 Å². The van der Waals surface area contributed by atoms with Gasteiger partial charge < -0.3 is 10.8 Å². The number of para-hydroxylation sites is 1. The standard InChI is InChI=1S/C16H10ClNO2.C8H12N2/c17-16(20)13-11-8-4-5-9-12(11)18-14(15(13)19)10-6-2-1-3-7-10;1-2-8(9)7-4-3-5-10-6-7/h1-9,19H;3-6,8H,2,9H2,1H3. The van der Waals surface area contributed by atoms with Crippen molar-refractivity contribution in [1.82, 2.24) is 9.97 Å². The van der Waals surface area contributed by atoms with Gasteiger partial charge in [0.1, 0.15) is 5.69 Å². The Morgan fingerprint density at radius 1 is 1.07 bits per heavy atom. The molecule has 0 spiro atoms. The van der Waals surface area contributed by atoms with Gasteiger partial charge in [-0.05, 0) is 35.7 Å². The van der Waals surface area contributed by atoms with Gasteiger partial charge in [-0.2, -0.15) is 0 Å². The first-order valence-electron chi connectivity index (χ1n) is 9.55. The van der Waals surface area contributed by atoms with Crippen molar-refractivity contribution >= 4 is 27.7 Å². The first kappa shape index (κ1) is 21.4. The van der Waals surface area contributed by atoms with Gasteiger partial charge in [0.15, 0.2) is 5.75 Å². The van der Waals surface area contributed by atoms with E-state index in [4.69, 9.17) is 17.3 Å².